The molecule has 0 aromatic heterocycles. The maximum atomic E-state index is 11.9. The van der Waals surface area contributed by atoms with Crippen LogP contribution in [0.15, 0.2) is 57.9 Å². The van der Waals surface area contributed by atoms with Gasteiger partial charge in [0.15, 0.2) is 0 Å². The molecular weight excluding hydrogens is 278 g/mol. The Labute approximate surface area is 106 Å². The zero-order chi connectivity index (χ0) is 11.8. The van der Waals surface area contributed by atoms with Gasteiger partial charge in [-0.15, -0.1) is 0 Å². The number of fused-ring (bicyclic) bond motifs is 3. The molecule has 3 heteroatoms. The van der Waals surface area contributed by atoms with Gasteiger partial charge in [-0.05, 0) is 28.5 Å². The average Bonchev–Trinajstić information content (AvgIpc) is 2.50. The SMILES string of the molecule is O=c1nccc2cccc3c(Br)cccc3c1-2. The van der Waals surface area contributed by atoms with Gasteiger partial charge in [-0.25, -0.2) is 4.98 Å². The minimum Gasteiger partial charge on any atom is -0.267 e. The molecule has 1 aromatic carbocycles. The van der Waals surface area contributed by atoms with Crippen LogP contribution in [0.25, 0.3) is 21.9 Å². The molecule has 1 aliphatic heterocycles. The Kier molecular flexibility index (Phi) is 2.41. The van der Waals surface area contributed by atoms with Crippen molar-refractivity contribution in [3.8, 4) is 11.1 Å². The largest absolute Gasteiger partial charge is 0.278 e. The molecule has 82 valence electrons. The predicted molar refractivity (Wildman–Crippen MR) is 72.3 cm³/mol. The van der Waals surface area contributed by atoms with E-state index in [-0.39, 0.29) is 5.56 Å². The molecule has 0 radical (unpaired) electrons. The first-order valence-electron chi connectivity index (χ1n) is 5.23. The second kappa shape index (κ2) is 3.93. The Bertz CT molecular complexity index is 739. The van der Waals surface area contributed by atoms with Gasteiger partial charge in [-0.2, -0.15) is 0 Å². The molecule has 0 N–H and O–H groups in total. The number of halogens is 1. The van der Waals surface area contributed by atoms with E-state index in [1.807, 2.05) is 42.5 Å². The number of hydrogen-bond acceptors (Lipinski definition) is 2. The Balaban J connectivity index is 2.65. The number of aromatic nitrogens is 1. The third-order valence-corrected chi connectivity index (χ3v) is 3.50. The molecule has 0 bridgehead atoms. The van der Waals surface area contributed by atoms with Gasteiger partial charge in [0.2, 0.25) is 0 Å². The lowest BCUT2D eigenvalue weighted by Crippen LogP contribution is -2.07. The van der Waals surface area contributed by atoms with Crippen LogP contribution in [-0.2, 0) is 0 Å². The van der Waals surface area contributed by atoms with E-state index in [1.165, 1.54) is 0 Å². The number of nitrogens with zero attached hydrogens (tertiary/aromatic N) is 1. The minimum absolute atomic E-state index is 0.179. The first kappa shape index (κ1) is 10.4. The van der Waals surface area contributed by atoms with Crippen molar-refractivity contribution in [1.82, 2.24) is 4.98 Å². The molecule has 1 aliphatic carbocycles. The summed E-state index contributed by atoms with van der Waals surface area (Å²) in [6.07, 6.45) is 1.55. The fourth-order valence-electron chi connectivity index (χ4n) is 2.04. The quantitative estimate of drug-likeness (QED) is 0.633. The molecule has 0 amide bonds. The van der Waals surface area contributed by atoms with Crippen molar-refractivity contribution in [2.24, 2.45) is 0 Å². The van der Waals surface area contributed by atoms with Crippen molar-refractivity contribution in [3.05, 3.63) is 63.5 Å². The molecule has 0 fully saturated rings. The van der Waals surface area contributed by atoms with E-state index in [4.69, 9.17) is 0 Å². The smallest absolute Gasteiger partial charge is 0.267 e. The zero-order valence-electron chi connectivity index (χ0n) is 8.85. The number of rotatable bonds is 0. The fraction of sp³-hybridized carbons (Fsp3) is 0. The van der Waals surface area contributed by atoms with Gasteiger partial charge in [0.1, 0.15) is 0 Å². The number of pyridine rings is 1. The molecular formula is C14H8BrNO. The van der Waals surface area contributed by atoms with E-state index in [0.717, 1.165) is 20.8 Å². The van der Waals surface area contributed by atoms with Crippen LogP contribution >= 0.6 is 15.9 Å². The fourth-order valence-corrected chi connectivity index (χ4v) is 2.54. The molecule has 2 aliphatic rings. The summed E-state index contributed by atoms with van der Waals surface area (Å²) in [5, 5.41) is 1.95. The lowest BCUT2D eigenvalue weighted by molar-refractivity contribution is 1.25. The predicted octanol–water partition coefficient (Wildman–Crippen LogP) is 3.46. The summed E-state index contributed by atoms with van der Waals surface area (Å²) >= 11 is 3.51. The van der Waals surface area contributed by atoms with Gasteiger partial charge in [0.05, 0.1) is 5.56 Å². The molecule has 0 atom stereocenters. The maximum absolute atomic E-state index is 11.9. The molecule has 1 aromatic rings. The highest BCUT2D eigenvalue weighted by atomic mass is 79.9. The van der Waals surface area contributed by atoms with E-state index in [9.17, 15) is 4.79 Å². The minimum atomic E-state index is -0.179. The Morgan fingerprint density at radius 2 is 1.71 bits per heavy atom. The molecule has 17 heavy (non-hydrogen) atoms. The molecule has 0 saturated heterocycles. The van der Waals surface area contributed by atoms with Gasteiger partial charge < -0.3 is 0 Å². The Morgan fingerprint density at radius 3 is 2.59 bits per heavy atom. The van der Waals surface area contributed by atoms with E-state index >= 15 is 0 Å². The molecule has 2 nitrogen and oxygen atoms in total. The molecule has 3 rings (SSSR count). The van der Waals surface area contributed by atoms with Gasteiger partial charge in [-0.3, -0.25) is 4.79 Å². The van der Waals surface area contributed by atoms with Crippen LogP contribution in [0.1, 0.15) is 0 Å². The van der Waals surface area contributed by atoms with Gasteiger partial charge >= 0.3 is 0 Å². The topological polar surface area (TPSA) is 30.0 Å². The lowest BCUT2D eigenvalue weighted by Gasteiger charge is -2.02. The normalized spacial score (nSPS) is 10.9. The highest BCUT2D eigenvalue weighted by Gasteiger charge is 2.10. The van der Waals surface area contributed by atoms with E-state index in [2.05, 4.69) is 20.9 Å². The van der Waals surface area contributed by atoms with E-state index < -0.39 is 0 Å². The zero-order valence-corrected chi connectivity index (χ0v) is 10.4. The first-order valence-corrected chi connectivity index (χ1v) is 6.03. The van der Waals surface area contributed by atoms with Crippen molar-refractivity contribution in [2.75, 3.05) is 0 Å². The molecule has 0 spiro atoms. The van der Waals surface area contributed by atoms with Crippen molar-refractivity contribution in [2.45, 2.75) is 0 Å². The summed E-state index contributed by atoms with van der Waals surface area (Å²) in [4.78, 5) is 15.8. The van der Waals surface area contributed by atoms with Crippen molar-refractivity contribution >= 4 is 26.7 Å². The van der Waals surface area contributed by atoms with E-state index in [1.54, 1.807) is 6.20 Å². The summed E-state index contributed by atoms with van der Waals surface area (Å²) in [5.74, 6) is 0. The Morgan fingerprint density at radius 1 is 0.941 bits per heavy atom. The second-order valence-electron chi connectivity index (χ2n) is 3.81. The monoisotopic (exact) mass is 285 g/mol. The van der Waals surface area contributed by atoms with Crippen molar-refractivity contribution in [3.63, 3.8) is 0 Å². The van der Waals surface area contributed by atoms with Gasteiger partial charge in [0.25, 0.3) is 5.56 Å². The van der Waals surface area contributed by atoms with Gasteiger partial charge in [0, 0.05) is 10.7 Å². The summed E-state index contributed by atoms with van der Waals surface area (Å²) in [6, 6.07) is 13.6. The van der Waals surface area contributed by atoms with Crippen LogP contribution in [0.4, 0.5) is 0 Å². The second-order valence-corrected chi connectivity index (χ2v) is 4.66. The average molecular weight is 286 g/mol. The Hall–Kier alpha value is -1.74. The van der Waals surface area contributed by atoms with Crippen LogP contribution < -0.4 is 5.56 Å². The third kappa shape index (κ3) is 1.63. The number of benzene rings is 1. The van der Waals surface area contributed by atoms with Crippen molar-refractivity contribution in [1.29, 1.82) is 0 Å². The van der Waals surface area contributed by atoms with Crippen LogP contribution in [0.5, 0.6) is 0 Å². The van der Waals surface area contributed by atoms with E-state index in [0.29, 0.717) is 5.56 Å². The highest BCUT2D eigenvalue weighted by molar-refractivity contribution is 9.10. The first-order chi connectivity index (χ1) is 8.27. The van der Waals surface area contributed by atoms with Crippen LogP contribution in [0.3, 0.4) is 0 Å². The highest BCUT2D eigenvalue weighted by Crippen LogP contribution is 2.29. The van der Waals surface area contributed by atoms with Gasteiger partial charge in [-0.1, -0.05) is 46.3 Å². The molecule has 1 heterocycles. The number of hydrogen-bond donors (Lipinski definition) is 0. The third-order valence-electron chi connectivity index (χ3n) is 2.81. The summed E-state index contributed by atoms with van der Waals surface area (Å²) in [6.45, 7) is 0. The summed E-state index contributed by atoms with van der Waals surface area (Å²) in [7, 11) is 0. The maximum Gasteiger partial charge on any atom is 0.278 e. The van der Waals surface area contributed by atoms with Crippen molar-refractivity contribution < 1.29 is 0 Å². The standard InChI is InChI=1S/C14H8BrNO/c15-12-6-2-5-11-10(12)4-1-3-9-7-8-16-14(17)13(9)11/h1-8H. The summed E-state index contributed by atoms with van der Waals surface area (Å²) < 4.78 is 0.982. The van der Waals surface area contributed by atoms with Crippen LogP contribution in [-0.4, -0.2) is 4.98 Å². The molecule has 0 saturated carbocycles. The molecule has 0 unspecified atom stereocenters. The lowest BCUT2D eigenvalue weighted by atomic mass is 10.0. The van der Waals surface area contributed by atoms with Crippen LogP contribution in [0.2, 0.25) is 0 Å². The summed E-state index contributed by atoms with van der Waals surface area (Å²) in [5.41, 5.74) is 1.41. The van der Waals surface area contributed by atoms with Crippen LogP contribution in [0, 0.1) is 0 Å².